The first kappa shape index (κ1) is 14.0. The topological polar surface area (TPSA) is 53.1 Å². The Morgan fingerprint density at radius 2 is 2.18 bits per heavy atom. The average Bonchev–Trinajstić information content (AvgIpc) is 2.28. The lowest BCUT2D eigenvalue weighted by Gasteiger charge is -2.17. The van der Waals surface area contributed by atoms with Gasteiger partial charge in [0.25, 0.3) is 0 Å². The molecule has 3 nitrogen and oxygen atoms in total. The predicted octanol–water partition coefficient (Wildman–Crippen LogP) is 2.86. The molecule has 0 bridgehead atoms. The predicted molar refractivity (Wildman–Crippen MR) is 73.7 cm³/mol. The summed E-state index contributed by atoms with van der Waals surface area (Å²) in [6.07, 6.45) is 2.39. The lowest BCUT2D eigenvalue weighted by Crippen LogP contribution is -2.19. The summed E-state index contributed by atoms with van der Waals surface area (Å²) in [7, 11) is 2.09. The highest BCUT2D eigenvalue weighted by Crippen LogP contribution is 2.19. The molecule has 0 saturated carbocycles. The molecule has 0 radical (unpaired) electrons. The molecule has 0 atom stereocenters. The zero-order chi connectivity index (χ0) is 12.8. The first-order valence-electron chi connectivity index (χ1n) is 5.86. The van der Waals surface area contributed by atoms with Crippen LogP contribution in [0.1, 0.15) is 30.9 Å². The molecule has 94 valence electrons. The first-order valence-corrected chi connectivity index (χ1v) is 6.23. The molecule has 0 saturated heterocycles. The van der Waals surface area contributed by atoms with Crippen LogP contribution in [-0.2, 0) is 6.54 Å². The molecule has 0 heterocycles. The third-order valence-corrected chi connectivity index (χ3v) is 3.05. The van der Waals surface area contributed by atoms with Gasteiger partial charge < -0.3 is 10.6 Å². The van der Waals surface area contributed by atoms with Crippen LogP contribution in [0.2, 0.25) is 5.02 Å². The molecule has 0 fully saturated rings. The highest BCUT2D eigenvalue weighted by molar-refractivity contribution is 6.31. The maximum absolute atomic E-state index is 7.34. The van der Waals surface area contributed by atoms with Crippen molar-refractivity contribution in [1.82, 2.24) is 4.90 Å². The molecule has 1 aromatic rings. The Labute approximate surface area is 108 Å². The number of nitrogens with zero attached hydrogens (tertiary/aromatic N) is 1. The summed E-state index contributed by atoms with van der Waals surface area (Å²) >= 11 is 6.17. The SMILES string of the molecule is CCCCN(C)Cc1ccc(C(=N)N)cc1Cl. The Morgan fingerprint density at radius 3 is 2.71 bits per heavy atom. The molecule has 0 aromatic heterocycles. The van der Waals surface area contributed by atoms with Crippen molar-refractivity contribution in [2.45, 2.75) is 26.3 Å². The van der Waals surface area contributed by atoms with Crippen LogP contribution in [0.25, 0.3) is 0 Å². The molecule has 0 aliphatic heterocycles. The van der Waals surface area contributed by atoms with Gasteiger partial charge in [0, 0.05) is 17.1 Å². The van der Waals surface area contributed by atoms with Crippen molar-refractivity contribution in [1.29, 1.82) is 5.41 Å². The minimum Gasteiger partial charge on any atom is -0.384 e. The van der Waals surface area contributed by atoms with Gasteiger partial charge in [-0.2, -0.15) is 0 Å². The first-order chi connectivity index (χ1) is 8.04. The summed E-state index contributed by atoms with van der Waals surface area (Å²) in [6, 6.07) is 5.55. The van der Waals surface area contributed by atoms with E-state index in [-0.39, 0.29) is 5.84 Å². The normalized spacial score (nSPS) is 10.8. The van der Waals surface area contributed by atoms with Gasteiger partial charge in [-0.3, -0.25) is 5.41 Å². The van der Waals surface area contributed by atoms with Crippen molar-refractivity contribution in [3.8, 4) is 0 Å². The summed E-state index contributed by atoms with van der Waals surface area (Å²) in [5.74, 6) is 0.0535. The lowest BCUT2D eigenvalue weighted by molar-refractivity contribution is 0.321. The van der Waals surface area contributed by atoms with Crippen LogP contribution in [0.5, 0.6) is 0 Å². The maximum Gasteiger partial charge on any atom is 0.122 e. The molecule has 4 heteroatoms. The van der Waals surface area contributed by atoms with Crippen LogP contribution in [0.4, 0.5) is 0 Å². The Bertz CT molecular complexity index is 390. The second-order valence-electron chi connectivity index (χ2n) is 4.31. The highest BCUT2D eigenvalue weighted by atomic mass is 35.5. The van der Waals surface area contributed by atoms with Crippen LogP contribution in [0.15, 0.2) is 18.2 Å². The number of hydrogen-bond acceptors (Lipinski definition) is 2. The van der Waals surface area contributed by atoms with E-state index >= 15 is 0 Å². The molecule has 3 N–H and O–H groups in total. The fourth-order valence-corrected chi connectivity index (χ4v) is 1.88. The molecule has 0 spiro atoms. The number of benzene rings is 1. The minimum atomic E-state index is 0.0535. The van der Waals surface area contributed by atoms with Gasteiger partial charge in [-0.15, -0.1) is 0 Å². The Balaban J connectivity index is 2.69. The van der Waals surface area contributed by atoms with Crippen LogP contribution < -0.4 is 5.73 Å². The fraction of sp³-hybridized carbons (Fsp3) is 0.462. The molecule has 0 aliphatic carbocycles. The number of amidine groups is 1. The number of unbranched alkanes of at least 4 members (excludes halogenated alkanes) is 1. The van der Waals surface area contributed by atoms with E-state index in [9.17, 15) is 0 Å². The van der Waals surface area contributed by atoms with Crippen molar-refractivity contribution >= 4 is 17.4 Å². The number of nitrogens with one attached hydrogen (secondary N) is 1. The summed E-state index contributed by atoms with van der Waals surface area (Å²) in [6.45, 7) is 4.08. The zero-order valence-corrected chi connectivity index (χ0v) is 11.2. The third-order valence-electron chi connectivity index (χ3n) is 2.70. The number of hydrogen-bond donors (Lipinski definition) is 2. The van der Waals surface area contributed by atoms with Gasteiger partial charge in [0.1, 0.15) is 5.84 Å². The van der Waals surface area contributed by atoms with E-state index in [4.69, 9.17) is 22.7 Å². The molecular weight excluding hydrogens is 234 g/mol. The Hall–Kier alpha value is -1.06. The fourth-order valence-electron chi connectivity index (χ4n) is 1.64. The van der Waals surface area contributed by atoms with Crippen LogP contribution in [-0.4, -0.2) is 24.3 Å². The molecular formula is C13H20ClN3. The zero-order valence-electron chi connectivity index (χ0n) is 10.5. The van der Waals surface area contributed by atoms with Gasteiger partial charge in [0.2, 0.25) is 0 Å². The third kappa shape index (κ3) is 4.36. The van der Waals surface area contributed by atoms with Gasteiger partial charge in [-0.1, -0.05) is 37.1 Å². The molecule has 17 heavy (non-hydrogen) atoms. The van der Waals surface area contributed by atoms with E-state index in [1.54, 1.807) is 6.07 Å². The summed E-state index contributed by atoms with van der Waals surface area (Å²) < 4.78 is 0. The molecule has 0 aliphatic rings. The maximum atomic E-state index is 7.34. The van der Waals surface area contributed by atoms with Gasteiger partial charge in [0.15, 0.2) is 0 Å². The molecule has 1 rings (SSSR count). The largest absolute Gasteiger partial charge is 0.384 e. The van der Waals surface area contributed by atoms with Crippen LogP contribution in [0.3, 0.4) is 0 Å². The minimum absolute atomic E-state index is 0.0535. The number of nitrogens with two attached hydrogens (primary N) is 1. The monoisotopic (exact) mass is 253 g/mol. The second kappa shape index (κ2) is 6.62. The second-order valence-corrected chi connectivity index (χ2v) is 4.72. The Kier molecular flexibility index (Phi) is 5.45. The molecule has 0 amide bonds. The van der Waals surface area contributed by atoms with E-state index in [0.29, 0.717) is 10.6 Å². The van der Waals surface area contributed by atoms with E-state index in [2.05, 4.69) is 18.9 Å². The van der Waals surface area contributed by atoms with Crippen molar-refractivity contribution in [3.05, 3.63) is 34.3 Å². The van der Waals surface area contributed by atoms with Crippen molar-refractivity contribution < 1.29 is 0 Å². The average molecular weight is 254 g/mol. The summed E-state index contributed by atoms with van der Waals surface area (Å²) in [5.41, 5.74) is 7.17. The smallest absolute Gasteiger partial charge is 0.122 e. The number of rotatable bonds is 6. The van der Waals surface area contributed by atoms with Crippen LogP contribution >= 0.6 is 11.6 Å². The highest BCUT2D eigenvalue weighted by Gasteiger charge is 2.06. The van der Waals surface area contributed by atoms with Crippen molar-refractivity contribution in [2.24, 2.45) is 5.73 Å². The van der Waals surface area contributed by atoms with Crippen molar-refractivity contribution in [2.75, 3.05) is 13.6 Å². The Morgan fingerprint density at radius 1 is 1.47 bits per heavy atom. The lowest BCUT2D eigenvalue weighted by atomic mass is 10.1. The van der Waals surface area contributed by atoms with Crippen molar-refractivity contribution in [3.63, 3.8) is 0 Å². The van der Waals surface area contributed by atoms with E-state index in [0.717, 1.165) is 18.7 Å². The van der Waals surface area contributed by atoms with E-state index in [1.807, 2.05) is 12.1 Å². The van der Waals surface area contributed by atoms with Gasteiger partial charge >= 0.3 is 0 Å². The van der Waals surface area contributed by atoms with E-state index < -0.39 is 0 Å². The molecule has 1 aromatic carbocycles. The van der Waals surface area contributed by atoms with Gasteiger partial charge in [-0.05, 0) is 31.6 Å². The van der Waals surface area contributed by atoms with Gasteiger partial charge in [0.05, 0.1) is 0 Å². The number of halogens is 1. The quantitative estimate of drug-likeness (QED) is 0.605. The summed E-state index contributed by atoms with van der Waals surface area (Å²) in [5, 5.41) is 8.03. The molecule has 0 unspecified atom stereocenters. The number of nitrogen functional groups attached to an aromatic ring is 1. The standard InChI is InChI=1S/C13H20ClN3/c1-3-4-7-17(2)9-11-6-5-10(13(15)16)8-12(11)14/h5-6,8H,3-4,7,9H2,1-2H3,(H3,15,16). The van der Waals surface area contributed by atoms with Gasteiger partial charge in [-0.25, -0.2) is 0 Å². The van der Waals surface area contributed by atoms with E-state index in [1.165, 1.54) is 12.8 Å². The van der Waals surface area contributed by atoms with Crippen LogP contribution in [0, 0.1) is 5.41 Å². The summed E-state index contributed by atoms with van der Waals surface area (Å²) in [4.78, 5) is 2.25.